The van der Waals surface area contributed by atoms with Crippen molar-refractivity contribution in [1.82, 2.24) is 0 Å². The number of benzene rings is 1. The minimum Gasteiger partial charge on any atom is -0.399 e. The van der Waals surface area contributed by atoms with Gasteiger partial charge in [0.15, 0.2) is 9.84 Å². The first-order valence-corrected chi connectivity index (χ1v) is 9.39. The van der Waals surface area contributed by atoms with E-state index in [9.17, 15) is 12.8 Å². The minimum atomic E-state index is -3.58. The van der Waals surface area contributed by atoms with E-state index < -0.39 is 25.9 Å². The molecule has 1 aliphatic heterocycles. The third-order valence-electron chi connectivity index (χ3n) is 5.45. The van der Waals surface area contributed by atoms with Crippen molar-refractivity contribution < 1.29 is 12.8 Å². The van der Waals surface area contributed by atoms with E-state index in [1.165, 1.54) is 18.2 Å². The molecule has 1 aliphatic carbocycles. The van der Waals surface area contributed by atoms with E-state index in [4.69, 9.17) is 11.5 Å². The second kappa shape index (κ2) is 4.93. The van der Waals surface area contributed by atoms with Crippen molar-refractivity contribution in [3.63, 3.8) is 0 Å². The smallest absolute Gasteiger partial charge is 0.165 e. The minimum absolute atomic E-state index is 0.00788. The van der Waals surface area contributed by atoms with E-state index in [0.717, 1.165) is 19.3 Å². The Hall–Kier alpha value is -1.63. The summed E-state index contributed by atoms with van der Waals surface area (Å²) in [4.78, 5) is 4.46. The molecule has 1 heterocycles. The van der Waals surface area contributed by atoms with E-state index in [-0.39, 0.29) is 23.1 Å². The number of rotatable bonds is 2. The summed E-state index contributed by atoms with van der Waals surface area (Å²) in [7, 11) is -3.58. The Labute approximate surface area is 135 Å². The lowest BCUT2D eigenvalue weighted by Crippen LogP contribution is -2.61. The van der Waals surface area contributed by atoms with Crippen LogP contribution in [0.15, 0.2) is 23.2 Å². The molecule has 2 atom stereocenters. The van der Waals surface area contributed by atoms with Crippen LogP contribution in [0.25, 0.3) is 0 Å². The van der Waals surface area contributed by atoms with Crippen molar-refractivity contribution in [3.8, 4) is 0 Å². The van der Waals surface area contributed by atoms with Crippen molar-refractivity contribution >= 4 is 21.4 Å². The SMILES string of the molecule is CC1(C2CCC2)C(N)=N[C@](C)(c2cc(N)ccc2F)CS1(=O)=O. The molecule has 7 heteroatoms. The number of sulfone groups is 1. The number of halogens is 1. The maximum absolute atomic E-state index is 14.2. The Morgan fingerprint density at radius 3 is 2.43 bits per heavy atom. The molecule has 23 heavy (non-hydrogen) atoms. The van der Waals surface area contributed by atoms with Crippen LogP contribution < -0.4 is 11.5 Å². The number of amidine groups is 1. The Morgan fingerprint density at radius 2 is 1.91 bits per heavy atom. The van der Waals surface area contributed by atoms with Crippen molar-refractivity contribution in [2.75, 3.05) is 11.5 Å². The number of aliphatic imine (C=N–C) groups is 1. The molecule has 0 aromatic heterocycles. The third-order valence-corrected chi connectivity index (χ3v) is 8.22. The number of anilines is 1. The van der Waals surface area contributed by atoms with Gasteiger partial charge in [0.05, 0.1) is 5.75 Å². The molecule has 3 rings (SSSR count). The van der Waals surface area contributed by atoms with Gasteiger partial charge in [0.25, 0.3) is 0 Å². The first-order valence-electron chi connectivity index (χ1n) is 7.74. The normalized spacial score (nSPS) is 33.8. The van der Waals surface area contributed by atoms with Gasteiger partial charge in [-0.3, -0.25) is 4.99 Å². The maximum Gasteiger partial charge on any atom is 0.165 e. The zero-order valence-corrected chi connectivity index (χ0v) is 14.2. The quantitative estimate of drug-likeness (QED) is 0.805. The van der Waals surface area contributed by atoms with Gasteiger partial charge in [0.1, 0.15) is 21.9 Å². The summed E-state index contributed by atoms with van der Waals surface area (Å²) < 4.78 is 39.1. The zero-order valence-electron chi connectivity index (χ0n) is 13.3. The van der Waals surface area contributed by atoms with Crippen LogP contribution in [-0.2, 0) is 15.4 Å². The molecule has 2 aliphatic rings. The summed E-state index contributed by atoms with van der Waals surface area (Å²) >= 11 is 0. The van der Waals surface area contributed by atoms with Gasteiger partial charge in [0, 0.05) is 11.3 Å². The fourth-order valence-electron chi connectivity index (χ4n) is 3.60. The van der Waals surface area contributed by atoms with E-state index >= 15 is 0 Å². The van der Waals surface area contributed by atoms with Crippen LogP contribution >= 0.6 is 0 Å². The summed E-state index contributed by atoms with van der Waals surface area (Å²) in [6.07, 6.45) is 2.66. The molecule has 1 fully saturated rings. The average molecular weight is 339 g/mol. The van der Waals surface area contributed by atoms with Gasteiger partial charge in [-0.15, -0.1) is 0 Å². The van der Waals surface area contributed by atoms with Crippen molar-refractivity contribution in [2.45, 2.75) is 43.4 Å². The molecule has 1 unspecified atom stereocenters. The standard InChI is InChI=1S/C16H22FN3O2S/c1-15(12-8-11(18)6-7-13(12)17)9-23(21,22)16(2,14(19)20-15)10-4-3-5-10/h6-8,10H,3-5,9,18H2,1-2H3,(H2,19,20)/t15-,16?/m0/s1. The highest BCUT2D eigenvalue weighted by atomic mass is 32.2. The van der Waals surface area contributed by atoms with Gasteiger partial charge < -0.3 is 11.5 Å². The molecule has 1 aromatic carbocycles. The molecule has 126 valence electrons. The van der Waals surface area contributed by atoms with E-state index in [1.807, 2.05) is 0 Å². The predicted molar refractivity (Wildman–Crippen MR) is 89.3 cm³/mol. The highest BCUT2D eigenvalue weighted by Gasteiger charge is 2.57. The second-order valence-electron chi connectivity index (χ2n) is 7.00. The van der Waals surface area contributed by atoms with Gasteiger partial charge in [-0.1, -0.05) is 6.42 Å². The van der Waals surface area contributed by atoms with Gasteiger partial charge in [-0.25, -0.2) is 12.8 Å². The molecule has 0 spiro atoms. The predicted octanol–water partition coefficient (Wildman–Crippen LogP) is 1.97. The lowest BCUT2D eigenvalue weighted by Gasteiger charge is -2.46. The lowest BCUT2D eigenvalue weighted by molar-refractivity contribution is 0.272. The van der Waals surface area contributed by atoms with Gasteiger partial charge in [-0.2, -0.15) is 0 Å². The maximum atomic E-state index is 14.2. The largest absolute Gasteiger partial charge is 0.399 e. The molecule has 0 bridgehead atoms. The molecule has 0 saturated heterocycles. The van der Waals surface area contributed by atoms with Crippen LogP contribution in [0, 0.1) is 11.7 Å². The Bertz CT molecular complexity index is 789. The average Bonchev–Trinajstić information content (AvgIpc) is 2.36. The van der Waals surface area contributed by atoms with Crippen LogP contribution in [0.3, 0.4) is 0 Å². The fraction of sp³-hybridized carbons (Fsp3) is 0.562. The van der Waals surface area contributed by atoms with Crippen LogP contribution in [0.5, 0.6) is 0 Å². The van der Waals surface area contributed by atoms with Gasteiger partial charge >= 0.3 is 0 Å². The first kappa shape index (κ1) is 16.2. The zero-order chi connectivity index (χ0) is 17.0. The number of hydrogen-bond donors (Lipinski definition) is 2. The summed E-state index contributed by atoms with van der Waals surface area (Å²) in [6, 6.07) is 4.10. The Kier molecular flexibility index (Phi) is 3.48. The topological polar surface area (TPSA) is 98.5 Å². The van der Waals surface area contributed by atoms with Crippen LogP contribution in [0.4, 0.5) is 10.1 Å². The van der Waals surface area contributed by atoms with E-state index in [0.29, 0.717) is 5.69 Å². The number of hydrogen-bond acceptors (Lipinski definition) is 5. The lowest BCUT2D eigenvalue weighted by atomic mass is 9.75. The molecular weight excluding hydrogens is 317 g/mol. The summed E-state index contributed by atoms with van der Waals surface area (Å²) in [5.74, 6) is -0.724. The van der Waals surface area contributed by atoms with Crippen LogP contribution in [-0.4, -0.2) is 24.8 Å². The number of nitrogens with zero attached hydrogens (tertiary/aromatic N) is 1. The molecule has 1 saturated carbocycles. The third kappa shape index (κ3) is 2.24. The highest BCUT2D eigenvalue weighted by molar-refractivity contribution is 7.93. The van der Waals surface area contributed by atoms with Crippen molar-refractivity contribution in [1.29, 1.82) is 0 Å². The number of nitrogen functional groups attached to an aromatic ring is 1. The first-order chi connectivity index (χ1) is 10.6. The molecular formula is C16H22FN3O2S. The summed E-state index contributed by atoms with van der Waals surface area (Å²) in [6.45, 7) is 3.25. The Balaban J connectivity index is 2.15. The summed E-state index contributed by atoms with van der Waals surface area (Å²) in [5, 5.41) is 0. The van der Waals surface area contributed by atoms with Crippen LogP contribution in [0.2, 0.25) is 0 Å². The van der Waals surface area contributed by atoms with Crippen LogP contribution in [0.1, 0.15) is 38.7 Å². The van der Waals surface area contributed by atoms with Crippen molar-refractivity contribution in [2.24, 2.45) is 16.6 Å². The molecule has 5 nitrogen and oxygen atoms in total. The number of nitrogens with two attached hydrogens (primary N) is 2. The molecule has 1 aromatic rings. The molecule has 0 radical (unpaired) electrons. The van der Waals surface area contributed by atoms with Gasteiger partial charge in [0.2, 0.25) is 0 Å². The second-order valence-corrected chi connectivity index (χ2v) is 9.37. The van der Waals surface area contributed by atoms with Gasteiger partial charge in [-0.05, 0) is 50.8 Å². The molecule has 0 amide bonds. The van der Waals surface area contributed by atoms with E-state index in [2.05, 4.69) is 4.99 Å². The molecule has 4 N–H and O–H groups in total. The highest BCUT2D eigenvalue weighted by Crippen LogP contribution is 2.47. The van der Waals surface area contributed by atoms with E-state index in [1.54, 1.807) is 13.8 Å². The summed E-state index contributed by atoms with van der Waals surface area (Å²) in [5.41, 5.74) is 11.1. The monoisotopic (exact) mass is 339 g/mol. The van der Waals surface area contributed by atoms with Crippen molar-refractivity contribution in [3.05, 3.63) is 29.6 Å². The fourth-order valence-corrected chi connectivity index (χ4v) is 5.97. The Morgan fingerprint density at radius 1 is 1.26 bits per heavy atom.